The van der Waals surface area contributed by atoms with Gasteiger partial charge in [-0.25, -0.2) is 0 Å². The third kappa shape index (κ3) is 6.48. The zero-order valence-corrected chi connectivity index (χ0v) is 13.7. The van der Waals surface area contributed by atoms with E-state index >= 15 is 0 Å². The van der Waals surface area contributed by atoms with Crippen LogP contribution in [0.3, 0.4) is 0 Å². The fourth-order valence-corrected chi connectivity index (χ4v) is 1.57. The topological polar surface area (TPSA) is 35.5 Å². The smallest absolute Gasteiger partial charge is 0.318 e. The van der Waals surface area contributed by atoms with Gasteiger partial charge in [-0.15, -0.1) is 0 Å². The number of allylic oxidation sites excluding steroid dienone is 1. The van der Waals surface area contributed by atoms with Gasteiger partial charge in [-0.3, -0.25) is 4.79 Å². The highest BCUT2D eigenvalue weighted by Gasteiger charge is 2.25. The number of unbranched alkanes of at least 4 members (excludes halogenated alkanes) is 2. The van der Waals surface area contributed by atoms with Gasteiger partial charge in [0.25, 0.3) is 5.95 Å². The molecule has 0 unspecified atom stereocenters. The molecule has 0 amide bonds. The summed E-state index contributed by atoms with van der Waals surface area (Å²) in [5.41, 5.74) is 0.544. The second-order valence-corrected chi connectivity index (χ2v) is 6.22. The quantitative estimate of drug-likeness (QED) is 0.420. The van der Waals surface area contributed by atoms with Gasteiger partial charge in [0.2, 0.25) is 0 Å². The van der Waals surface area contributed by atoms with Crippen molar-refractivity contribution in [3.8, 4) is 5.75 Å². The Kier molecular flexibility index (Phi) is 6.47. The lowest BCUT2D eigenvalue weighted by Crippen LogP contribution is -2.24. The summed E-state index contributed by atoms with van der Waals surface area (Å²) >= 11 is 0. The molecule has 0 aromatic heterocycles. The van der Waals surface area contributed by atoms with E-state index in [-0.39, 0.29) is 11.9 Å². The summed E-state index contributed by atoms with van der Waals surface area (Å²) in [6.45, 7) is 9.59. The maximum absolute atomic E-state index is 12.0. The van der Waals surface area contributed by atoms with Crippen LogP contribution in [0.15, 0.2) is 36.3 Å². The number of benzene rings is 1. The predicted octanol–water partition coefficient (Wildman–Crippen LogP) is 4.99. The zero-order valence-electron chi connectivity index (χ0n) is 13.7. The van der Waals surface area contributed by atoms with Gasteiger partial charge in [-0.2, -0.15) is 0 Å². The molecule has 0 N–H and O–H groups in total. The molecule has 3 nitrogen and oxygen atoms in total. The van der Waals surface area contributed by atoms with E-state index in [0.717, 1.165) is 24.8 Å². The van der Waals surface area contributed by atoms with Crippen molar-refractivity contribution in [2.75, 3.05) is 0 Å². The molecule has 1 aromatic rings. The lowest BCUT2D eigenvalue weighted by Gasteiger charge is -2.18. The second kappa shape index (κ2) is 7.87. The summed E-state index contributed by atoms with van der Waals surface area (Å²) in [5, 5.41) is 0. The molecule has 0 aliphatic heterocycles. The number of carbonyl (C=O) groups is 1. The summed E-state index contributed by atoms with van der Waals surface area (Å²) in [7, 11) is 0. The molecule has 0 saturated carbocycles. The van der Waals surface area contributed by atoms with Crippen LogP contribution in [0, 0.1) is 12.3 Å². The second-order valence-electron chi connectivity index (χ2n) is 6.22. The summed E-state index contributed by atoms with van der Waals surface area (Å²) in [4.78, 5) is 12.0. The van der Waals surface area contributed by atoms with Crippen molar-refractivity contribution < 1.29 is 14.3 Å². The number of hydrogen-bond acceptors (Lipinski definition) is 3. The van der Waals surface area contributed by atoms with Crippen LogP contribution < -0.4 is 4.74 Å². The van der Waals surface area contributed by atoms with Crippen molar-refractivity contribution in [1.29, 1.82) is 0 Å². The fourth-order valence-electron chi connectivity index (χ4n) is 1.57. The molecule has 0 saturated heterocycles. The van der Waals surface area contributed by atoms with Crippen LogP contribution in [0.1, 0.15) is 52.5 Å². The van der Waals surface area contributed by atoms with Crippen LogP contribution in [0.2, 0.25) is 0 Å². The molecule has 3 heteroatoms. The molecular formula is C18H26O3. The van der Waals surface area contributed by atoms with Gasteiger partial charge in [0.05, 0.1) is 5.41 Å². The molecule has 1 aromatic carbocycles. The predicted molar refractivity (Wildman–Crippen MR) is 85.0 cm³/mol. The Bertz CT molecular complexity index is 495. The minimum Gasteiger partial charge on any atom is -0.426 e. The van der Waals surface area contributed by atoms with Gasteiger partial charge in [-0.1, -0.05) is 25.5 Å². The summed E-state index contributed by atoms with van der Waals surface area (Å²) < 4.78 is 11.1. The number of carbonyl (C=O) groups excluding carboxylic acids is 1. The average molecular weight is 290 g/mol. The first kappa shape index (κ1) is 17.3. The minimum atomic E-state index is -0.556. The summed E-state index contributed by atoms with van der Waals surface area (Å²) in [6, 6.07) is 7.68. The third-order valence-electron chi connectivity index (χ3n) is 2.88. The Labute approximate surface area is 128 Å². The van der Waals surface area contributed by atoms with E-state index in [1.165, 1.54) is 0 Å². The fraction of sp³-hybridized carbons (Fsp3) is 0.500. The third-order valence-corrected chi connectivity index (χ3v) is 2.88. The van der Waals surface area contributed by atoms with Crippen LogP contribution >= 0.6 is 0 Å². The van der Waals surface area contributed by atoms with Gasteiger partial charge < -0.3 is 9.47 Å². The highest BCUT2D eigenvalue weighted by Crippen LogP contribution is 2.21. The van der Waals surface area contributed by atoms with E-state index in [1.54, 1.807) is 0 Å². The van der Waals surface area contributed by atoms with E-state index in [0.29, 0.717) is 5.75 Å². The number of ether oxygens (including phenoxy) is 2. The van der Waals surface area contributed by atoms with Gasteiger partial charge >= 0.3 is 5.97 Å². The molecule has 0 radical (unpaired) electrons. The highest BCUT2D eigenvalue weighted by atomic mass is 16.7. The van der Waals surface area contributed by atoms with E-state index in [2.05, 4.69) is 6.92 Å². The number of aryl methyl sites for hydroxylation is 1. The summed E-state index contributed by atoms with van der Waals surface area (Å²) in [5.74, 6) is 0.659. The minimum absolute atomic E-state index is 0.272. The Morgan fingerprint density at radius 1 is 1.29 bits per heavy atom. The lowest BCUT2D eigenvalue weighted by atomic mass is 9.97. The normalized spacial score (nSPS) is 12.1. The SMILES string of the molecule is CCCC/C=C(\OC(=O)C(C)(C)C)Oc1cccc(C)c1. The molecule has 0 spiro atoms. The van der Waals surface area contributed by atoms with E-state index in [1.807, 2.05) is 58.0 Å². The first-order chi connectivity index (χ1) is 9.82. The standard InChI is InChI=1S/C18H26O3/c1-6-7-8-12-16(21-17(19)18(3,4)5)20-15-11-9-10-14(2)13-15/h9-13H,6-8H2,1-5H3/b16-12-. The van der Waals surface area contributed by atoms with Crippen molar-refractivity contribution in [3.63, 3.8) is 0 Å². The molecule has 1 rings (SSSR count). The first-order valence-corrected chi connectivity index (χ1v) is 7.50. The highest BCUT2D eigenvalue weighted by molar-refractivity contribution is 5.76. The lowest BCUT2D eigenvalue weighted by molar-refractivity contribution is -0.151. The van der Waals surface area contributed by atoms with Crippen LogP contribution in [-0.2, 0) is 9.53 Å². The van der Waals surface area contributed by atoms with Crippen molar-refractivity contribution >= 4 is 5.97 Å². The maximum atomic E-state index is 12.0. The Morgan fingerprint density at radius 3 is 2.57 bits per heavy atom. The van der Waals surface area contributed by atoms with Crippen molar-refractivity contribution in [2.24, 2.45) is 5.41 Å². The molecule has 0 fully saturated rings. The molecule has 0 atom stereocenters. The molecule has 0 bridgehead atoms. The van der Waals surface area contributed by atoms with Gasteiger partial charge in [0.1, 0.15) is 5.75 Å². The Hall–Kier alpha value is -1.77. The van der Waals surface area contributed by atoms with Crippen molar-refractivity contribution in [2.45, 2.75) is 53.9 Å². The number of esters is 1. The Balaban J connectivity index is 2.82. The molecule has 21 heavy (non-hydrogen) atoms. The largest absolute Gasteiger partial charge is 0.426 e. The monoisotopic (exact) mass is 290 g/mol. The van der Waals surface area contributed by atoms with Crippen molar-refractivity contribution in [1.82, 2.24) is 0 Å². The van der Waals surface area contributed by atoms with E-state index < -0.39 is 5.41 Å². The van der Waals surface area contributed by atoms with Gasteiger partial charge in [-0.05, 0) is 64.3 Å². The molecular weight excluding hydrogens is 264 g/mol. The first-order valence-electron chi connectivity index (χ1n) is 7.50. The van der Waals surface area contributed by atoms with E-state index in [4.69, 9.17) is 9.47 Å². The van der Waals surface area contributed by atoms with Crippen LogP contribution in [0.25, 0.3) is 0 Å². The number of rotatable bonds is 6. The molecule has 0 aliphatic rings. The molecule has 0 aliphatic carbocycles. The van der Waals surface area contributed by atoms with Gasteiger partial charge in [0, 0.05) is 0 Å². The molecule has 0 heterocycles. The Morgan fingerprint density at radius 2 is 2.00 bits per heavy atom. The van der Waals surface area contributed by atoms with Crippen LogP contribution in [-0.4, -0.2) is 5.97 Å². The van der Waals surface area contributed by atoms with Crippen LogP contribution in [0.4, 0.5) is 0 Å². The average Bonchev–Trinajstić information content (AvgIpc) is 2.37. The summed E-state index contributed by atoms with van der Waals surface area (Å²) in [6.07, 6.45) is 4.79. The zero-order chi connectivity index (χ0) is 15.9. The molecule has 116 valence electrons. The van der Waals surface area contributed by atoms with Crippen LogP contribution in [0.5, 0.6) is 5.75 Å². The maximum Gasteiger partial charge on any atom is 0.318 e. The van der Waals surface area contributed by atoms with Crippen molar-refractivity contribution in [3.05, 3.63) is 41.9 Å². The van der Waals surface area contributed by atoms with Gasteiger partial charge in [0.15, 0.2) is 0 Å². The number of hydrogen-bond donors (Lipinski definition) is 0. The van der Waals surface area contributed by atoms with E-state index in [9.17, 15) is 4.79 Å².